The van der Waals surface area contributed by atoms with Crippen molar-refractivity contribution in [2.24, 2.45) is 11.7 Å². The fourth-order valence-electron chi connectivity index (χ4n) is 5.46. The number of H-pyrrole nitrogens is 1. The summed E-state index contributed by atoms with van der Waals surface area (Å²) in [6.45, 7) is -0.286. The van der Waals surface area contributed by atoms with Crippen LogP contribution in [0, 0.1) is 16.0 Å². The van der Waals surface area contributed by atoms with Gasteiger partial charge in [0, 0.05) is 48.5 Å². The molecule has 1 aromatic heterocycles. The molecule has 3 atom stereocenters. The Bertz CT molecular complexity index is 1520. The number of aromatic nitrogens is 1. The third-order valence-corrected chi connectivity index (χ3v) is 10.0. The molecular weight excluding hydrogens is 591 g/mol. The van der Waals surface area contributed by atoms with Crippen molar-refractivity contribution in [3.63, 3.8) is 0 Å². The number of carboxylic acids is 1. The van der Waals surface area contributed by atoms with Gasteiger partial charge in [-0.1, -0.05) is 37.5 Å². The van der Waals surface area contributed by atoms with Gasteiger partial charge in [0.05, 0.1) is 11.5 Å². The van der Waals surface area contributed by atoms with E-state index >= 15 is 0 Å². The minimum Gasteiger partial charge on any atom is -0.481 e. The number of aromatic amines is 1. The van der Waals surface area contributed by atoms with Crippen LogP contribution >= 0.6 is 7.60 Å². The van der Waals surface area contributed by atoms with Crippen molar-refractivity contribution in [1.29, 1.82) is 0 Å². The summed E-state index contributed by atoms with van der Waals surface area (Å²) in [4.78, 5) is 50.4. The molecule has 1 saturated carbocycles. The number of fused-ring (bicyclic) bond motifs is 1. The van der Waals surface area contributed by atoms with Crippen LogP contribution in [-0.2, 0) is 41.0 Å². The molecule has 0 saturated heterocycles. The Morgan fingerprint density at radius 3 is 2.45 bits per heavy atom. The highest BCUT2D eigenvalue weighted by Gasteiger charge is 2.45. The summed E-state index contributed by atoms with van der Waals surface area (Å²) >= 11 is 0. The van der Waals surface area contributed by atoms with E-state index in [1.165, 1.54) is 24.3 Å². The van der Waals surface area contributed by atoms with Gasteiger partial charge in [-0.05, 0) is 54.5 Å². The Hall–Kier alpha value is -4.06. The van der Waals surface area contributed by atoms with Crippen molar-refractivity contribution < 1.29 is 38.0 Å². The molecule has 1 aliphatic rings. The van der Waals surface area contributed by atoms with Gasteiger partial charge >= 0.3 is 13.6 Å². The van der Waals surface area contributed by atoms with Gasteiger partial charge in [0.1, 0.15) is 11.9 Å². The van der Waals surface area contributed by atoms with E-state index in [9.17, 15) is 29.1 Å². The number of carboxylic acid groups (broad SMARTS) is 1. The summed E-state index contributed by atoms with van der Waals surface area (Å²) < 4.78 is 27.0. The summed E-state index contributed by atoms with van der Waals surface area (Å²) in [7, 11) is -4.38. The molecule has 2 aromatic carbocycles. The molecule has 0 radical (unpaired) electrons. The summed E-state index contributed by atoms with van der Waals surface area (Å²) in [5, 5.41) is 23.7. The third kappa shape index (κ3) is 8.75. The maximum absolute atomic E-state index is 14.9. The minimum atomic E-state index is -4.38. The fraction of sp³-hybridized carbons (Fsp3) is 0.433. The number of carbonyl (C=O) groups excluding carboxylic acids is 2. The number of rotatable bonds is 16. The Kier molecular flexibility index (Phi) is 11.3. The number of aliphatic carboxylic acids is 1. The lowest BCUT2D eigenvalue weighted by Crippen LogP contribution is -2.43. The van der Waals surface area contributed by atoms with Gasteiger partial charge in [-0.15, -0.1) is 0 Å². The lowest BCUT2D eigenvalue weighted by molar-refractivity contribution is -0.384. The zero-order valence-electron chi connectivity index (χ0n) is 24.2. The minimum absolute atomic E-state index is 0.0197. The molecule has 2 amide bonds. The smallest absolute Gasteiger partial charge is 0.354 e. The summed E-state index contributed by atoms with van der Waals surface area (Å²) in [5.41, 5.74) is 7.64. The largest absolute Gasteiger partial charge is 0.481 e. The maximum atomic E-state index is 14.9. The lowest BCUT2D eigenvalue weighted by Gasteiger charge is -2.36. The predicted octanol–water partition coefficient (Wildman–Crippen LogP) is 5.18. The highest BCUT2D eigenvalue weighted by molar-refractivity contribution is 7.54. The van der Waals surface area contributed by atoms with Crippen molar-refractivity contribution in [2.75, 3.05) is 0 Å². The van der Waals surface area contributed by atoms with Crippen LogP contribution in [-0.4, -0.2) is 44.7 Å². The van der Waals surface area contributed by atoms with E-state index in [1.807, 2.05) is 24.3 Å². The van der Waals surface area contributed by atoms with E-state index in [4.69, 9.17) is 19.9 Å². The molecule has 1 fully saturated rings. The van der Waals surface area contributed by atoms with Crippen molar-refractivity contribution in [2.45, 2.75) is 76.3 Å². The first-order valence-corrected chi connectivity index (χ1v) is 16.2. The molecule has 5 N–H and O–H groups in total. The van der Waals surface area contributed by atoms with Gasteiger partial charge < -0.3 is 25.7 Å². The highest BCUT2D eigenvalue weighted by atomic mass is 31.2. The Morgan fingerprint density at radius 2 is 1.80 bits per heavy atom. The summed E-state index contributed by atoms with van der Waals surface area (Å²) in [6, 6.07) is 12.9. The second-order valence-electron chi connectivity index (χ2n) is 11.0. The van der Waals surface area contributed by atoms with E-state index in [2.05, 4.69) is 10.3 Å². The van der Waals surface area contributed by atoms with E-state index in [0.29, 0.717) is 24.0 Å². The van der Waals surface area contributed by atoms with Gasteiger partial charge in [-0.3, -0.25) is 33.6 Å². The number of nitro benzene ring substituents is 1. The molecule has 13 nitrogen and oxygen atoms in total. The van der Waals surface area contributed by atoms with Crippen LogP contribution in [0.3, 0.4) is 0 Å². The second-order valence-corrected chi connectivity index (χ2v) is 13.1. The van der Waals surface area contributed by atoms with Gasteiger partial charge in [0.15, 0.2) is 0 Å². The molecule has 3 aromatic rings. The maximum Gasteiger partial charge on any atom is 0.354 e. The van der Waals surface area contributed by atoms with E-state index < -0.39 is 42.2 Å². The van der Waals surface area contributed by atoms with E-state index in [0.717, 1.165) is 30.2 Å². The van der Waals surface area contributed by atoms with Crippen LogP contribution in [0.1, 0.15) is 62.5 Å². The first-order valence-electron chi connectivity index (χ1n) is 14.6. The quantitative estimate of drug-likeness (QED) is 0.0936. The first kappa shape index (κ1) is 32.8. The number of carbonyl (C=O) groups is 3. The molecular formula is C30H37N4O9P. The molecule has 14 heteroatoms. The number of nitrogens with two attached hydrogens (primary N) is 1. The van der Waals surface area contributed by atoms with Crippen molar-refractivity contribution in [3.05, 3.63) is 76.0 Å². The number of nitrogens with one attached hydrogen (secondary N) is 2. The first-order chi connectivity index (χ1) is 21.1. The molecule has 236 valence electrons. The van der Waals surface area contributed by atoms with E-state index in [-0.39, 0.29) is 43.9 Å². The van der Waals surface area contributed by atoms with Crippen LogP contribution < -0.4 is 11.1 Å². The highest BCUT2D eigenvalue weighted by Crippen LogP contribution is 2.58. The number of primary amides is 1. The molecule has 1 unspecified atom stereocenters. The van der Waals surface area contributed by atoms with Crippen LogP contribution in [0.4, 0.5) is 5.69 Å². The number of non-ortho nitro benzene ring substituents is 1. The van der Waals surface area contributed by atoms with Crippen LogP contribution in [0.25, 0.3) is 10.9 Å². The number of nitrogens with zero attached hydrogens (tertiary/aromatic N) is 1. The number of hydrogen-bond acceptors (Lipinski definition) is 8. The predicted molar refractivity (Wildman–Crippen MR) is 162 cm³/mol. The molecule has 0 spiro atoms. The van der Waals surface area contributed by atoms with Crippen LogP contribution in [0.5, 0.6) is 0 Å². The monoisotopic (exact) mass is 628 g/mol. The number of nitro groups is 1. The van der Waals surface area contributed by atoms with E-state index in [1.54, 1.807) is 6.20 Å². The fourth-order valence-corrected chi connectivity index (χ4v) is 7.80. The lowest BCUT2D eigenvalue weighted by atomic mass is 9.89. The topological polar surface area (TPSA) is 204 Å². The van der Waals surface area contributed by atoms with Crippen LogP contribution in [0.15, 0.2) is 54.7 Å². The van der Waals surface area contributed by atoms with Gasteiger partial charge in [-0.2, -0.15) is 0 Å². The molecule has 1 aliphatic carbocycles. The SMILES string of the molecule is NC(=O)[C@@H](Cc1c[nH]c2ccccc12)OP(=O)(OCc1ccc([N+](=O)[O-])cc1)[C@@H](NC(=O)CCCC(=O)O)C1CCCCC1. The molecule has 4 rings (SSSR count). The number of amides is 2. The summed E-state index contributed by atoms with van der Waals surface area (Å²) in [5.74, 6) is -3.87. The van der Waals surface area contributed by atoms with Crippen LogP contribution in [0.2, 0.25) is 0 Å². The standard InChI is InChI=1S/C30H37N4O9P/c31-29(38)26(17-22-18-32-25-10-5-4-9-24(22)25)43-44(41,42-19-20-13-15-23(16-14-20)34(39)40)30(21-7-2-1-3-8-21)33-27(35)11-6-12-28(36)37/h4-5,9-10,13-16,18,21,26,30,32H,1-3,6-8,11-12,17,19H2,(H2,31,38)(H,33,35)(H,36,37)/t26-,30-,44?/m1/s1. The average Bonchev–Trinajstić information content (AvgIpc) is 3.41. The van der Waals surface area contributed by atoms with Gasteiger partial charge in [0.2, 0.25) is 11.8 Å². The van der Waals surface area contributed by atoms with Crippen molar-refractivity contribution in [3.8, 4) is 0 Å². The zero-order valence-corrected chi connectivity index (χ0v) is 25.1. The average molecular weight is 629 g/mol. The molecule has 44 heavy (non-hydrogen) atoms. The molecule has 0 aliphatic heterocycles. The number of benzene rings is 2. The second kappa shape index (κ2) is 15.1. The van der Waals surface area contributed by atoms with Gasteiger partial charge in [-0.25, -0.2) is 0 Å². The third-order valence-electron chi connectivity index (χ3n) is 7.77. The van der Waals surface area contributed by atoms with Crippen molar-refractivity contribution >= 4 is 42.0 Å². The zero-order chi connectivity index (χ0) is 31.7. The van der Waals surface area contributed by atoms with Gasteiger partial charge in [0.25, 0.3) is 5.69 Å². The Balaban J connectivity index is 1.66. The molecule has 1 heterocycles. The Morgan fingerprint density at radius 1 is 1.09 bits per heavy atom. The Labute approximate surface area is 254 Å². The normalized spacial score (nSPS) is 16.5. The number of para-hydroxylation sites is 1. The molecule has 0 bridgehead atoms. The number of hydrogen-bond donors (Lipinski definition) is 4. The summed E-state index contributed by atoms with van der Waals surface area (Å²) in [6.07, 6.45) is 3.94. The van der Waals surface area contributed by atoms with Crippen molar-refractivity contribution in [1.82, 2.24) is 10.3 Å².